The molecule has 0 aliphatic rings. The average molecular weight is 395 g/mol. The summed E-state index contributed by atoms with van der Waals surface area (Å²) in [4.78, 5) is 14.8. The van der Waals surface area contributed by atoms with Gasteiger partial charge in [-0.1, -0.05) is 6.07 Å². The molecule has 0 radical (unpaired) electrons. The molecule has 2 aromatic rings. The van der Waals surface area contributed by atoms with Crippen molar-refractivity contribution in [1.82, 2.24) is 4.98 Å². The van der Waals surface area contributed by atoms with Crippen molar-refractivity contribution >= 4 is 32.5 Å². The molecule has 1 aromatic carbocycles. The number of hydrogen-bond donors (Lipinski definition) is 0. The maximum absolute atomic E-state index is 12.6. The summed E-state index contributed by atoms with van der Waals surface area (Å²) in [6.07, 6.45) is -3.73. The molecular formula is C13H12F3N3O4S2. The van der Waals surface area contributed by atoms with Crippen LogP contribution in [0.15, 0.2) is 28.5 Å². The second kappa shape index (κ2) is 6.59. The lowest BCUT2D eigenvalue weighted by Gasteiger charge is -2.18. The number of halogens is 3. The average Bonchev–Trinajstić information content (AvgIpc) is 2.94. The van der Waals surface area contributed by atoms with Crippen molar-refractivity contribution < 1.29 is 26.5 Å². The van der Waals surface area contributed by atoms with Crippen LogP contribution in [0.1, 0.15) is 10.7 Å². The number of thiazole rings is 1. The molecule has 0 saturated carbocycles. The van der Waals surface area contributed by atoms with Crippen LogP contribution in [0.25, 0.3) is 0 Å². The molecule has 1 aromatic heterocycles. The van der Waals surface area contributed by atoms with E-state index >= 15 is 0 Å². The lowest BCUT2D eigenvalue weighted by Crippen LogP contribution is -2.19. The van der Waals surface area contributed by atoms with E-state index in [0.29, 0.717) is 0 Å². The van der Waals surface area contributed by atoms with Gasteiger partial charge in [0, 0.05) is 18.7 Å². The molecule has 0 spiro atoms. The molecule has 0 atom stereocenters. The highest BCUT2D eigenvalue weighted by molar-refractivity contribution is 7.90. The molecule has 0 amide bonds. The van der Waals surface area contributed by atoms with Gasteiger partial charge in [0.05, 0.1) is 11.5 Å². The van der Waals surface area contributed by atoms with Crippen LogP contribution in [-0.2, 0) is 22.6 Å². The van der Waals surface area contributed by atoms with Gasteiger partial charge in [-0.25, -0.2) is 13.4 Å². The summed E-state index contributed by atoms with van der Waals surface area (Å²) in [5.41, 5.74) is -1.70. The minimum atomic E-state index is -4.57. The fourth-order valence-corrected chi connectivity index (χ4v) is 3.81. The maximum atomic E-state index is 12.6. The molecule has 136 valence electrons. The number of para-hydroxylation sites is 1. The standard InChI is InChI=1S/C13H12F3N3O4S2/c1-18(6-11-17-10(7-24-11)13(14,15)16)8-4-3-5-9(25(2,22)23)12(8)19(20)21/h3-5,7H,6H2,1-2H3. The smallest absolute Gasteiger partial charge is 0.362 e. The van der Waals surface area contributed by atoms with Gasteiger partial charge in [0.1, 0.15) is 15.6 Å². The summed E-state index contributed by atoms with van der Waals surface area (Å²) in [6, 6.07) is 3.76. The van der Waals surface area contributed by atoms with Gasteiger partial charge in [-0.2, -0.15) is 13.2 Å². The highest BCUT2D eigenvalue weighted by Gasteiger charge is 2.34. The first-order valence-corrected chi connectivity index (χ1v) is 9.38. The fraction of sp³-hybridized carbons (Fsp3) is 0.308. The summed E-state index contributed by atoms with van der Waals surface area (Å²) in [5, 5.41) is 12.3. The number of nitro groups is 1. The van der Waals surface area contributed by atoms with Crippen LogP contribution < -0.4 is 4.90 Å². The Morgan fingerprint density at radius 2 is 2.00 bits per heavy atom. The number of nitro benzene ring substituents is 1. The van der Waals surface area contributed by atoms with E-state index in [2.05, 4.69) is 4.98 Å². The molecule has 25 heavy (non-hydrogen) atoms. The Balaban J connectivity index is 2.41. The molecule has 0 fully saturated rings. The number of benzene rings is 1. The summed E-state index contributed by atoms with van der Waals surface area (Å²) < 4.78 is 61.3. The lowest BCUT2D eigenvalue weighted by molar-refractivity contribution is -0.387. The zero-order chi connectivity index (χ0) is 19.0. The first-order valence-electron chi connectivity index (χ1n) is 6.61. The van der Waals surface area contributed by atoms with Crippen LogP contribution in [0.5, 0.6) is 0 Å². The van der Waals surface area contributed by atoms with E-state index in [1.54, 1.807) is 0 Å². The molecule has 0 saturated heterocycles. The number of rotatable bonds is 5. The van der Waals surface area contributed by atoms with Gasteiger partial charge in [0.15, 0.2) is 15.5 Å². The second-order valence-electron chi connectivity index (χ2n) is 5.13. The zero-order valence-electron chi connectivity index (χ0n) is 12.9. The molecule has 1 heterocycles. The molecule has 2 rings (SSSR count). The highest BCUT2D eigenvalue weighted by Crippen LogP contribution is 2.35. The largest absolute Gasteiger partial charge is 0.434 e. The van der Waals surface area contributed by atoms with E-state index in [0.717, 1.165) is 29.0 Å². The number of alkyl halides is 3. The molecule has 0 N–H and O–H groups in total. The Bertz CT molecular complexity index is 909. The third-order valence-corrected chi connectivity index (χ3v) is 5.15. The first kappa shape index (κ1) is 19.1. The topological polar surface area (TPSA) is 93.4 Å². The summed E-state index contributed by atoms with van der Waals surface area (Å²) in [6.45, 7) is -0.144. The van der Waals surface area contributed by atoms with E-state index in [-0.39, 0.29) is 17.2 Å². The van der Waals surface area contributed by atoms with Crippen molar-refractivity contribution in [3.05, 3.63) is 44.4 Å². The van der Waals surface area contributed by atoms with Gasteiger partial charge in [-0.05, 0) is 12.1 Å². The van der Waals surface area contributed by atoms with E-state index in [1.165, 1.54) is 24.1 Å². The van der Waals surface area contributed by atoms with Crippen LogP contribution >= 0.6 is 11.3 Å². The molecule has 0 aliphatic heterocycles. The molecular weight excluding hydrogens is 383 g/mol. The minimum Gasteiger partial charge on any atom is -0.362 e. The van der Waals surface area contributed by atoms with Crippen LogP contribution in [0.4, 0.5) is 24.5 Å². The van der Waals surface area contributed by atoms with Crippen LogP contribution in [0.2, 0.25) is 0 Å². The summed E-state index contributed by atoms with van der Waals surface area (Å²) in [5.74, 6) is 0. The van der Waals surface area contributed by atoms with Gasteiger partial charge in [0.25, 0.3) is 0 Å². The maximum Gasteiger partial charge on any atom is 0.434 e. The first-order chi connectivity index (χ1) is 11.4. The number of nitrogens with zero attached hydrogens (tertiary/aromatic N) is 3. The number of hydrogen-bond acceptors (Lipinski definition) is 7. The predicted octanol–water partition coefficient (Wildman–Crippen LogP) is 3.11. The van der Waals surface area contributed by atoms with Crippen molar-refractivity contribution in [3.63, 3.8) is 0 Å². The molecule has 0 unspecified atom stereocenters. The molecule has 7 nitrogen and oxygen atoms in total. The third kappa shape index (κ3) is 4.25. The van der Waals surface area contributed by atoms with E-state index in [4.69, 9.17) is 0 Å². The Kier molecular flexibility index (Phi) is 5.04. The third-order valence-electron chi connectivity index (χ3n) is 3.19. The summed E-state index contributed by atoms with van der Waals surface area (Å²) in [7, 11) is -2.45. The van der Waals surface area contributed by atoms with Gasteiger partial charge >= 0.3 is 11.9 Å². The normalized spacial score (nSPS) is 12.2. The van der Waals surface area contributed by atoms with E-state index < -0.39 is 37.2 Å². The van der Waals surface area contributed by atoms with Gasteiger partial charge in [0.2, 0.25) is 0 Å². The monoisotopic (exact) mass is 395 g/mol. The number of aromatic nitrogens is 1. The van der Waals surface area contributed by atoms with E-state index in [9.17, 15) is 31.7 Å². The minimum absolute atomic E-state index is 0.0308. The van der Waals surface area contributed by atoms with Crippen LogP contribution in [0, 0.1) is 10.1 Å². The lowest BCUT2D eigenvalue weighted by atomic mass is 10.2. The van der Waals surface area contributed by atoms with Crippen molar-refractivity contribution in [1.29, 1.82) is 0 Å². The highest BCUT2D eigenvalue weighted by atomic mass is 32.2. The summed E-state index contributed by atoms with van der Waals surface area (Å²) >= 11 is 0.763. The van der Waals surface area contributed by atoms with Gasteiger partial charge in [-0.15, -0.1) is 11.3 Å². The molecule has 0 aliphatic carbocycles. The molecule has 0 bridgehead atoms. The number of sulfone groups is 1. The number of anilines is 1. The van der Waals surface area contributed by atoms with Crippen molar-refractivity contribution in [2.45, 2.75) is 17.6 Å². The van der Waals surface area contributed by atoms with E-state index in [1.807, 2.05) is 0 Å². The van der Waals surface area contributed by atoms with Gasteiger partial charge < -0.3 is 4.90 Å². The van der Waals surface area contributed by atoms with Crippen LogP contribution in [-0.4, -0.2) is 31.6 Å². The Morgan fingerprint density at radius 3 is 2.48 bits per heavy atom. The van der Waals surface area contributed by atoms with Crippen molar-refractivity contribution in [2.75, 3.05) is 18.2 Å². The zero-order valence-corrected chi connectivity index (χ0v) is 14.6. The fourth-order valence-electron chi connectivity index (χ4n) is 2.10. The molecule has 12 heteroatoms. The second-order valence-corrected chi connectivity index (χ2v) is 8.06. The van der Waals surface area contributed by atoms with Crippen molar-refractivity contribution in [3.8, 4) is 0 Å². The quantitative estimate of drug-likeness (QED) is 0.570. The van der Waals surface area contributed by atoms with Gasteiger partial charge in [-0.3, -0.25) is 10.1 Å². The Hall–Kier alpha value is -2.21. The predicted molar refractivity (Wildman–Crippen MR) is 85.4 cm³/mol. The van der Waals surface area contributed by atoms with Crippen LogP contribution in [0.3, 0.4) is 0 Å². The SMILES string of the molecule is CN(Cc1nc(C(F)(F)F)cs1)c1cccc(S(C)(=O)=O)c1[N+](=O)[O-]. The Labute approximate surface area is 144 Å². The van der Waals surface area contributed by atoms with Crippen molar-refractivity contribution in [2.24, 2.45) is 0 Å². The Morgan fingerprint density at radius 1 is 1.36 bits per heavy atom.